The predicted octanol–water partition coefficient (Wildman–Crippen LogP) is 2.82. The normalized spacial score (nSPS) is 19.1. The van der Waals surface area contributed by atoms with Crippen molar-refractivity contribution in [2.45, 2.75) is 58.2 Å². The summed E-state index contributed by atoms with van der Waals surface area (Å²) in [4.78, 5) is 20.7. The zero-order chi connectivity index (χ0) is 19.9. The topological polar surface area (TPSA) is 86.3 Å². The molecule has 9 heteroatoms. The second-order valence-electron chi connectivity index (χ2n) is 8.19. The number of rotatable bonds is 4. The third-order valence-electron chi connectivity index (χ3n) is 5.94. The van der Waals surface area contributed by atoms with Crippen LogP contribution >= 0.6 is 23.7 Å². The van der Waals surface area contributed by atoms with Crippen LogP contribution in [0.2, 0.25) is 0 Å². The van der Waals surface area contributed by atoms with E-state index in [1.54, 1.807) is 16.0 Å². The largest absolute Gasteiger partial charge is 0.369 e. The van der Waals surface area contributed by atoms with Crippen molar-refractivity contribution in [3.8, 4) is 0 Å². The van der Waals surface area contributed by atoms with Gasteiger partial charge in [0, 0.05) is 18.0 Å². The maximum Gasteiger partial charge on any atom is 0.244 e. The summed E-state index contributed by atoms with van der Waals surface area (Å²) in [5.74, 6) is 1.64. The lowest BCUT2D eigenvalue weighted by molar-refractivity contribution is -0.141. The molecular formula is C20H30ClN5O2S. The molecule has 0 aliphatic carbocycles. The smallest absolute Gasteiger partial charge is 0.244 e. The number of halogens is 1. The van der Waals surface area contributed by atoms with Crippen molar-refractivity contribution in [1.82, 2.24) is 19.7 Å². The van der Waals surface area contributed by atoms with Crippen molar-refractivity contribution in [2.75, 3.05) is 19.7 Å². The van der Waals surface area contributed by atoms with Gasteiger partial charge in [0.05, 0.1) is 12.6 Å². The third kappa shape index (κ3) is 4.21. The number of amides is 1. The molecule has 1 atom stereocenters. The van der Waals surface area contributed by atoms with E-state index in [1.165, 1.54) is 10.4 Å². The molecule has 2 aromatic heterocycles. The number of nitrogens with zero attached hydrogens (tertiary/aromatic N) is 4. The van der Waals surface area contributed by atoms with Crippen molar-refractivity contribution in [2.24, 2.45) is 11.7 Å². The molecule has 1 saturated heterocycles. The summed E-state index contributed by atoms with van der Waals surface area (Å²) in [5.41, 5.74) is 7.49. The minimum Gasteiger partial charge on any atom is -0.369 e. The fourth-order valence-electron chi connectivity index (χ4n) is 4.20. The summed E-state index contributed by atoms with van der Waals surface area (Å²) < 4.78 is 7.93. The summed E-state index contributed by atoms with van der Waals surface area (Å²) in [6.07, 6.45) is 2.69. The maximum atomic E-state index is 12.9. The first-order valence-corrected chi connectivity index (χ1v) is 10.9. The van der Waals surface area contributed by atoms with E-state index in [4.69, 9.17) is 10.5 Å². The first kappa shape index (κ1) is 22.2. The average Bonchev–Trinajstić information content (AvgIpc) is 3.29. The summed E-state index contributed by atoms with van der Waals surface area (Å²) in [7, 11) is 0. The number of aromatic nitrogens is 3. The Balaban J connectivity index is 0.00000240. The van der Waals surface area contributed by atoms with E-state index < -0.39 is 0 Å². The van der Waals surface area contributed by atoms with Gasteiger partial charge in [0.2, 0.25) is 5.91 Å². The van der Waals surface area contributed by atoms with Crippen LogP contribution in [0.3, 0.4) is 0 Å². The molecule has 29 heavy (non-hydrogen) atoms. The van der Waals surface area contributed by atoms with E-state index in [9.17, 15) is 4.79 Å². The summed E-state index contributed by atoms with van der Waals surface area (Å²) in [6, 6.07) is 1.99. The van der Waals surface area contributed by atoms with Crippen LogP contribution in [0.1, 0.15) is 54.8 Å². The van der Waals surface area contributed by atoms with Gasteiger partial charge >= 0.3 is 0 Å². The molecule has 0 aromatic carbocycles. The van der Waals surface area contributed by atoms with E-state index >= 15 is 0 Å². The van der Waals surface area contributed by atoms with Gasteiger partial charge in [-0.25, -0.2) is 9.67 Å². The Hall–Kier alpha value is -1.48. The zero-order valence-corrected chi connectivity index (χ0v) is 18.9. The number of nitrogens with two attached hydrogens (primary N) is 1. The lowest BCUT2D eigenvalue weighted by Crippen LogP contribution is -2.48. The summed E-state index contributed by atoms with van der Waals surface area (Å²) in [5, 5.41) is 6.57. The van der Waals surface area contributed by atoms with Crippen LogP contribution in [0.25, 0.3) is 0 Å². The van der Waals surface area contributed by atoms with Crippen LogP contribution in [0.5, 0.6) is 0 Å². The van der Waals surface area contributed by atoms with Crippen LogP contribution in [0.15, 0.2) is 11.4 Å². The number of carbonyl (C=O) groups excluding carboxylic acids is 1. The number of aryl methyl sites for hydroxylation is 1. The number of carbonyl (C=O) groups is 1. The van der Waals surface area contributed by atoms with E-state index in [0.717, 1.165) is 25.9 Å². The van der Waals surface area contributed by atoms with E-state index in [1.807, 2.05) is 25.7 Å². The van der Waals surface area contributed by atoms with Gasteiger partial charge in [-0.15, -0.1) is 23.7 Å². The molecule has 4 rings (SSSR count). The van der Waals surface area contributed by atoms with Gasteiger partial charge < -0.3 is 15.4 Å². The minimum atomic E-state index is -0.230. The standard InChI is InChI=1S/C20H29N5O2S.ClH/c1-13(2)17(21)19-22-14(3)23-25(19)12-16(26)24-8-6-20(7-9-24)18-15(4-10-27-20)5-11-28-18;/h5,11,13,17H,4,6-10,12,21H2,1-3H3;1H/t17-;/m0./s1. The van der Waals surface area contributed by atoms with Crippen LogP contribution in [-0.2, 0) is 28.1 Å². The average molecular weight is 440 g/mol. The quantitative estimate of drug-likeness (QED) is 0.791. The van der Waals surface area contributed by atoms with Gasteiger partial charge in [0.1, 0.15) is 23.8 Å². The van der Waals surface area contributed by atoms with E-state index in [-0.39, 0.29) is 42.4 Å². The first-order valence-electron chi connectivity index (χ1n) is 10.0. The van der Waals surface area contributed by atoms with Gasteiger partial charge in [0.15, 0.2) is 0 Å². The third-order valence-corrected chi connectivity index (χ3v) is 7.08. The Kier molecular flexibility index (Phi) is 6.67. The second kappa shape index (κ2) is 8.71. The molecule has 7 nitrogen and oxygen atoms in total. The van der Waals surface area contributed by atoms with Gasteiger partial charge in [0.25, 0.3) is 0 Å². The number of ether oxygens (including phenoxy) is 1. The molecule has 2 aliphatic heterocycles. The molecule has 0 bridgehead atoms. The number of fused-ring (bicyclic) bond motifs is 2. The van der Waals surface area contributed by atoms with Crippen LogP contribution in [0.4, 0.5) is 0 Å². The second-order valence-corrected chi connectivity index (χ2v) is 9.11. The first-order chi connectivity index (χ1) is 13.4. The molecule has 4 heterocycles. The monoisotopic (exact) mass is 439 g/mol. The SMILES string of the molecule is Cc1nc([C@@H](N)C(C)C)n(CC(=O)N2CCC3(CC2)OCCc2ccsc23)n1.Cl. The highest BCUT2D eigenvalue weighted by molar-refractivity contribution is 7.10. The fraction of sp³-hybridized carbons (Fsp3) is 0.650. The van der Waals surface area contributed by atoms with Crippen LogP contribution < -0.4 is 5.73 Å². The lowest BCUT2D eigenvalue weighted by Gasteiger charge is -2.43. The van der Waals surface area contributed by atoms with Crippen LogP contribution in [-0.4, -0.2) is 45.3 Å². The summed E-state index contributed by atoms with van der Waals surface area (Å²) in [6.45, 7) is 8.30. The van der Waals surface area contributed by atoms with Crippen molar-refractivity contribution < 1.29 is 9.53 Å². The fourth-order valence-corrected chi connectivity index (χ4v) is 5.37. The van der Waals surface area contributed by atoms with Crippen LogP contribution in [0, 0.1) is 12.8 Å². The van der Waals surface area contributed by atoms with E-state index in [2.05, 4.69) is 21.5 Å². The zero-order valence-electron chi connectivity index (χ0n) is 17.3. The molecule has 0 unspecified atom stereocenters. The number of piperidine rings is 1. The molecule has 2 N–H and O–H groups in total. The Morgan fingerprint density at radius 2 is 2.10 bits per heavy atom. The highest BCUT2D eigenvalue weighted by Crippen LogP contribution is 2.44. The Morgan fingerprint density at radius 3 is 2.79 bits per heavy atom. The summed E-state index contributed by atoms with van der Waals surface area (Å²) >= 11 is 1.79. The molecule has 1 fully saturated rings. The Labute approximate surface area is 182 Å². The number of thiophene rings is 1. The molecular weight excluding hydrogens is 410 g/mol. The van der Waals surface area contributed by atoms with Gasteiger partial charge in [-0.1, -0.05) is 13.8 Å². The molecule has 0 saturated carbocycles. The molecule has 160 valence electrons. The molecule has 0 radical (unpaired) electrons. The Morgan fingerprint density at radius 1 is 1.38 bits per heavy atom. The molecule has 1 spiro atoms. The van der Waals surface area contributed by atoms with Gasteiger partial charge in [-0.3, -0.25) is 4.79 Å². The highest BCUT2D eigenvalue weighted by Gasteiger charge is 2.42. The van der Waals surface area contributed by atoms with Crippen molar-refractivity contribution in [1.29, 1.82) is 0 Å². The number of likely N-dealkylation sites (tertiary alicyclic amines) is 1. The maximum absolute atomic E-state index is 12.9. The van der Waals surface area contributed by atoms with Crippen molar-refractivity contribution in [3.05, 3.63) is 33.5 Å². The van der Waals surface area contributed by atoms with Crippen molar-refractivity contribution >= 4 is 29.7 Å². The molecule has 2 aliphatic rings. The van der Waals surface area contributed by atoms with Crippen molar-refractivity contribution in [3.63, 3.8) is 0 Å². The predicted molar refractivity (Wildman–Crippen MR) is 115 cm³/mol. The van der Waals surface area contributed by atoms with Gasteiger partial charge in [-0.05, 0) is 49.1 Å². The lowest BCUT2D eigenvalue weighted by atomic mass is 9.85. The molecule has 1 amide bonds. The number of hydrogen-bond donors (Lipinski definition) is 1. The highest BCUT2D eigenvalue weighted by atomic mass is 35.5. The van der Waals surface area contributed by atoms with E-state index in [0.29, 0.717) is 24.7 Å². The minimum absolute atomic E-state index is 0. The van der Waals surface area contributed by atoms with Gasteiger partial charge in [-0.2, -0.15) is 5.10 Å². The molecule has 2 aromatic rings. The number of hydrogen-bond acceptors (Lipinski definition) is 6. The Bertz CT molecular complexity index is 857.